The Hall–Kier alpha value is -1.60. The van der Waals surface area contributed by atoms with Gasteiger partial charge in [-0.05, 0) is 55.9 Å². The lowest BCUT2D eigenvalue weighted by Crippen LogP contribution is -2.05. The minimum absolute atomic E-state index is 0.217. The van der Waals surface area contributed by atoms with E-state index in [2.05, 4.69) is 58.9 Å². The van der Waals surface area contributed by atoms with Crippen LogP contribution in [0.25, 0.3) is 5.57 Å². The zero-order valence-corrected chi connectivity index (χ0v) is 18.1. The highest BCUT2D eigenvalue weighted by Gasteiger charge is 2.20. The summed E-state index contributed by atoms with van der Waals surface area (Å²) in [5, 5.41) is 0.217. The molecule has 0 aliphatic carbocycles. The Labute approximate surface area is 169 Å². The third kappa shape index (κ3) is 5.23. The highest BCUT2D eigenvalue weighted by atomic mass is 35.5. The van der Waals surface area contributed by atoms with Crippen LogP contribution in [0.3, 0.4) is 0 Å². The van der Waals surface area contributed by atoms with E-state index in [1.807, 2.05) is 6.07 Å². The van der Waals surface area contributed by atoms with Gasteiger partial charge in [0.1, 0.15) is 5.82 Å². The summed E-state index contributed by atoms with van der Waals surface area (Å²) in [5.74, 6) is -0.0190. The topological polar surface area (TPSA) is 0 Å². The number of rotatable bonds is 8. The van der Waals surface area contributed by atoms with Gasteiger partial charge >= 0.3 is 0 Å². The Bertz CT molecular complexity index is 787. The van der Waals surface area contributed by atoms with Crippen molar-refractivity contribution in [2.75, 3.05) is 0 Å². The molecule has 2 aromatic rings. The third-order valence-electron chi connectivity index (χ3n) is 5.49. The molecule has 2 aromatic carbocycles. The standard InChI is InChI=1S/C25H32ClF/c1-6-8-10-22(19(5)18(4)20-13-11-17(3)12-14-20)24-21(9-7-2)15-16-23(26)25(24)27/h11-16,18H,6-10H2,1-5H3/b22-19+. The fourth-order valence-corrected chi connectivity index (χ4v) is 3.79. The second-order valence-corrected chi connectivity index (χ2v) is 7.95. The Morgan fingerprint density at radius 1 is 1.04 bits per heavy atom. The molecule has 0 heterocycles. The molecule has 2 heteroatoms. The molecule has 0 aromatic heterocycles. The van der Waals surface area contributed by atoms with E-state index in [4.69, 9.17) is 11.6 Å². The quantitative estimate of drug-likeness (QED) is 0.426. The monoisotopic (exact) mass is 386 g/mol. The number of aryl methyl sites for hydroxylation is 2. The molecule has 0 saturated carbocycles. The van der Waals surface area contributed by atoms with Crippen molar-refractivity contribution in [2.45, 2.75) is 72.6 Å². The van der Waals surface area contributed by atoms with Gasteiger partial charge in [-0.2, -0.15) is 0 Å². The summed E-state index contributed by atoms with van der Waals surface area (Å²) in [6.07, 6.45) is 4.87. The van der Waals surface area contributed by atoms with Gasteiger partial charge in [0.15, 0.2) is 0 Å². The summed E-state index contributed by atoms with van der Waals surface area (Å²) in [6, 6.07) is 12.4. The molecule has 0 fully saturated rings. The van der Waals surface area contributed by atoms with Crippen molar-refractivity contribution in [3.05, 3.63) is 75.1 Å². The summed E-state index contributed by atoms with van der Waals surface area (Å²) in [5.41, 5.74) is 6.71. The van der Waals surface area contributed by atoms with Gasteiger partial charge < -0.3 is 0 Å². The van der Waals surface area contributed by atoms with Gasteiger partial charge in [-0.1, -0.05) is 86.7 Å². The molecule has 146 valence electrons. The number of halogens is 2. The Kier molecular flexibility index (Phi) is 8.10. The van der Waals surface area contributed by atoms with Gasteiger partial charge in [0.05, 0.1) is 5.02 Å². The SMILES string of the molecule is CCCC/C(=C(/C)C(C)c1ccc(C)cc1)c1c(CCC)ccc(Cl)c1F. The largest absolute Gasteiger partial charge is 0.205 e. The van der Waals surface area contributed by atoms with Crippen LogP contribution >= 0.6 is 11.6 Å². The van der Waals surface area contributed by atoms with Crippen LogP contribution in [-0.2, 0) is 6.42 Å². The lowest BCUT2D eigenvalue weighted by atomic mass is 9.83. The number of allylic oxidation sites excluding steroid dienone is 2. The van der Waals surface area contributed by atoms with E-state index in [1.54, 1.807) is 6.07 Å². The maximum Gasteiger partial charge on any atom is 0.149 e. The molecule has 0 nitrogen and oxygen atoms in total. The van der Waals surface area contributed by atoms with Crippen LogP contribution in [0.4, 0.5) is 4.39 Å². The first-order chi connectivity index (χ1) is 12.9. The Morgan fingerprint density at radius 2 is 1.70 bits per heavy atom. The lowest BCUT2D eigenvalue weighted by Gasteiger charge is -2.22. The van der Waals surface area contributed by atoms with Crippen molar-refractivity contribution < 1.29 is 4.39 Å². The number of hydrogen-bond acceptors (Lipinski definition) is 0. The summed E-state index contributed by atoms with van der Waals surface area (Å²) < 4.78 is 15.2. The van der Waals surface area contributed by atoms with Gasteiger partial charge in [-0.3, -0.25) is 0 Å². The molecule has 0 aliphatic heterocycles. The molecule has 0 saturated heterocycles. The molecule has 0 bridgehead atoms. The van der Waals surface area contributed by atoms with Crippen LogP contribution in [0.5, 0.6) is 0 Å². The predicted molar refractivity (Wildman–Crippen MR) is 117 cm³/mol. The summed E-state index contributed by atoms with van der Waals surface area (Å²) in [7, 11) is 0. The van der Waals surface area contributed by atoms with Gasteiger partial charge in [-0.25, -0.2) is 4.39 Å². The van der Waals surface area contributed by atoms with Crippen LogP contribution in [0.1, 0.15) is 81.5 Å². The molecule has 0 spiro atoms. The van der Waals surface area contributed by atoms with E-state index in [9.17, 15) is 0 Å². The Morgan fingerprint density at radius 3 is 2.30 bits per heavy atom. The molecular weight excluding hydrogens is 355 g/mol. The average molecular weight is 387 g/mol. The fraction of sp³-hybridized carbons (Fsp3) is 0.440. The molecule has 0 radical (unpaired) electrons. The van der Waals surface area contributed by atoms with Crippen molar-refractivity contribution in [2.24, 2.45) is 0 Å². The fourth-order valence-electron chi connectivity index (χ4n) is 3.63. The smallest absolute Gasteiger partial charge is 0.149 e. The van der Waals surface area contributed by atoms with Gasteiger partial charge in [0, 0.05) is 11.5 Å². The second-order valence-electron chi connectivity index (χ2n) is 7.54. The minimum Gasteiger partial charge on any atom is -0.205 e. The highest BCUT2D eigenvalue weighted by Crippen LogP contribution is 2.38. The second kappa shape index (κ2) is 10.1. The average Bonchev–Trinajstić information content (AvgIpc) is 2.66. The van der Waals surface area contributed by atoms with Crippen molar-refractivity contribution in [3.63, 3.8) is 0 Å². The molecule has 0 N–H and O–H groups in total. The first-order valence-electron chi connectivity index (χ1n) is 10.1. The summed E-state index contributed by atoms with van der Waals surface area (Å²) in [6.45, 7) is 10.8. The first-order valence-corrected chi connectivity index (χ1v) is 10.5. The van der Waals surface area contributed by atoms with E-state index in [-0.39, 0.29) is 16.8 Å². The van der Waals surface area contributed by atoms with Crippen molar-refractivity contribution >= 4 is 17.2 Å². The number of benzene rings is 2. The third-order valence-corrected chi connectivity index (χ3v) is 5.78. The van der Waals surface area contributed by atoms with E-state index >= 15 is 4.39 Å². The normalized spacial score (nSPS) is 13.4. The zero-order valence-electron chi connectivity index (χ0n) is 17.3. The minimum atomic E-state index is -0.260. The maximum absolute atomic E-state index is 15.2. The van der Waals surface area contributed by atoms with Gasteiger partial charge in [-0.15, -0.1) is 0 Å². The molecule has 27 heavy (non-hydrogen) atoms. The zero-order chi connectivity index (χ0) is 20.0. The van der Waals surface area contributed by atoms with Crippen LogP contribution < -0.4 is 0 Å². The van der Waals surface area contributed by atoms with E-state index in [0.717, 1.165) is 48.8 Å². The van der Waals surface area contributed by atoms with E-state index in [0.29, 0.717) is 0 Å². The predicted octanol–water partition coefficient (Wildman–Crippen LogP) is 8.51. The van der Waals surface area contributed by atoms with Crippen molar-refractivity contribution in [3.8, 4) is 0 Å². The maximum atomic E-state index is 15.2. The summed E-state index contributed by atoms with van der Waals surface area (Å²) >= 11 is 6.19. The first kappa shape index (κ1) is 21.7. The van der Waals surface area contributed by atoms with Crippen LogP contribution in [-0.4, -0.2) is 0 Å². The number of hydrogen-bond donors (Lipinski definition) is 0. The van der Waals surface area contributed by atoms with E-state index in [1.165, 1.54) is 16.7 Å². The number of unbranched alkanes of at least 4 members (excludes halogenated alkanes) is 1. The lowest BCUT2D eigenvalue weighted by molar-refractivity contribution is 0.618. The van der Waals surface area contributed by atoms with Gasteiger partial charge in [0.25, 0.3) is 0 Å². The van der Waals surface area contributed by atoms with Crippen LogP contribution in [0, 0.1) is 12.7 Å². The summed E-state index contributed by atoms with van der Waals surface area (Å²) in [4.78, 5) is 0. The molecule has 2 rings (SSSR count). The van der Waals surface area contributed by atoms with Crippen LogP contribution in [0.2, 0.25) is 5.02 Å². The van der Waals surface area contributed by atoms with Crippen molar-refractivity contribution in [1.29, 1.82) is 0 Å². The van der Waals surface area contributed by atoms with Gasteiger partial charge in [0.2, 0.25) is 0 Å². The molecule has 0 amide bonds. The molecule has 1 unspecified atom stereocenters. The molecule has 0 aliphatic rings. The van der Waals surface area contributed by atoms with Crippen molar-refractivity contribution in [1.82, 2.24) is 0 Å². The van der Waals surface area contributed by atoms with Crippen LogP contribution in [0.15, 0.2) is 42.0 Å². The Balaban J connectivity index is 2.61. The molecular formula is C25H32ClF. The van der Waals surface area contributed by atoms with E-state index < -0.39 is 0 Å². The molecule has 1 atom stereocenters. The highest BCUT2D eigenvalue weighted by molar-refractivity contribution is 6.31.